The molecular formula is C29H45N9O2. The maximum Gasteiger partial charge on any atom is 0.268 e. The molecule has 0 bridgehead atoms. The molecule has 0 unspecified atom stereocenters. The van der Waals surface area contributed by atoms with Crippen LogP contribution in [0, 0.1) is 5.41 Å². The first-order chi connectivity index (χ1) is 19.0. The minimum atomic E-state index is -0.367. The summed E-state index contributed by atoms with van der Waals surface area (Å²) in [4.78, 5) is 28.6. The first-order valence-electron chi connectivity index (χ1n) is 13.9. The number of anilines is 2. The van der Waals surface area contributed by atoms with Gasteiger partial charge in [0.2, 0.25) is 5.91 Å². The number of hydrogen-bond donors (Lipinski definition) is 4. The van der Waals surface area contributed by atoms with Crippen molar-refractivity contribution in [1.82, 2.24) is 25.4 Å². The first kappa shape index (κ1) is 30.8. The van der Waals surface area contributed by atoms with E-state index in [1.165, 1.54) is 29.5 Å². The Balaban J connectivity index is 1.34. The molecule has 1 saturated heterocycles. The number of carbonyl (C=O) groups excluding carboxylic acids is 2. The molecule has 3 rings (SSSR count). The summed E-state index contributed by atoms with van der Waals surface area (Å²) < 4.78 is 0. The standard InChI is InChI=1S/C29H45N9O2/c1-29(2,3)19-22-8-11-24(12-9-22)37-17-15-36(16-18-37)21-27(39)33-26-13-10-23(34-35-26)7-5-6-14-38(31)20-25(30)28(40)32-4/h8-13,20H,5-7,14-19,21,30-31H2,1-4H3,(H,32,40)(H,33,35,39)/b25-20-. The quantitative estimate of drug-likeness (QED) is 0.134. The zero-order valence-corrected chi connectivity index (χ0v) is 24.3. The molecule has 0 spiro atoms. The van der Waals surface area contributed by atoms with Gasteiger partial charge in [0.1, 0.15) is 5.70 Å². The number of rotatable bonds is 12. The lowest BCUT2D eigenvalue weighted by Crippen LogP contribution is -2.48. The maximum absolute atomic E-state index is 12.6. The van der Waals surface area contributed by atoms with E-state index in [9.17, 15) is 9.59 Å². The van der Waals surface area contributed by atoms with Crippen LogP contribution in [-0.4, -0.2) is 78.2 Å². The Morgan fingerprint density at radius 2 is 1.73 bits per heavy atom. The number of amides is 2. The molecule has 1 aromatic carbocycles. The van der Waals surface area contributed by atoms with Gasteiger partial charge >= 0.3 is 0 Å². The lowest BCUT2D eigenvalue weighted by Gasteiger charge is -2.35. The number of unbranched alkanes of at least 4 members (excludes halogenated alkanes) is 1. The van der Waals surface area contributed by atoms with Crippen molar-refractivity contribution >= 4 is 23.3 Å². The van der Waals surface area contributed by atoms with Gasteiger partial charge in [-0.25, -0.2) is 5.84 Å². The largest absolute Gasteiger partial charge is 0.393 e. The van der Waals surface area contributed by atoms with Crippen molar-refractivity contribution in [3.63, 3.8) is 0 Å². The summed E-state index contributed by atoms with van der Waals surface area (Å²) in [5.74, 6) is 5.85. The smallest absolute Gasteiger partial charge is 0.268 e. The summed E-state index contributed by atoms with van der Waals surface area (Å²) >= 11 is 0. The number of likely N-dealkylation sites (N-methyl/N-ethyl adjacent to an activating group) is 1. The highest BCUT2D eigenvalue weighted by Gasteiger charge is 2.20. The Kier molecular flexibility index (Phi) is 11.3. The second-order valence-electron chi connectivity index (χ2n) is 11.5. The van der Waals surface area contributed by atoms with E-state index in [0.29, 0.717) is 18.9 Å². The predicted octanol–water partition coefficient (Wildman–Crippen LogP) is 1.87. The molecule has 0 radical (unpaired) electrons. The van der Waals surface area contributed by atoms with Crippen LogP contribution >= 0.6 is 0 Å². The second kappa shape index (κ2) is 14.6. The van der Waals surface area contributed by atoms with Gasteiger partial charge in [0, 0.05) is 51.7 Å². The van der Waals surface area contributed by atoms with Crippen molar-refractivity contribution in [2.45, 2.75) is 46.5 Å². The van der Waals surface area contributed by atoms with Crippen LogP contribution in [0.5, 0.6) is 0 Å². The summed E-state index contributed by atoms with van der Waals surface area (Å²) in [6, 6.07) is 12.5. The lowest BCUT2D eigenvalue weighted by atomic mass is 9.88. The molecule has 11 nitrogen and oxygen atoms in total. The van der Waals surface area contributed by atoms with Crippen LogP contribution in [0.15, 0.2) is 48.3 Å². The predicted molar refractivity (Wildman–Crippen MR) is 159 cm³/mol. The van der Waals surface area contributed by atoms with Gasteiger partial charge < -0.3 is 26.3 Å². The molecule has 1 aliphatic rings. The highest BCUT2D eigenvalue weighted by Crippen LogP contribution is 2.23. The van der Waals surface area contributed by atoms with E-state index < -0.39 is 0 Å². The van der Waals surface area contributed by atoms with Crippen LogP contribution in [0.2, 0.25) is 0 Å². The Bertz CT molecular complexity index is 1120. The normalized spacial score (nSPS) is 14.6. The number of benzene rings is 1. The molecule has 1 aliphatic heterocycles. The van der Waals surface area contributed by atoms with Gasteiger partial charge in [-0.2, -0.15) is 5.10 Å². The highest BCUT2D eigenvalue weighted by atomic mass is 16.2. The van der Waals surface area contributed by atoms with Gasteiger partial charge in [-0.15, -0.1) is 5.10 Å². The molecular weight excluding hydrogens is 506 g/mol. The number of aryl methyl sites for hydroxylation is 1. The van der Waals surface area contributed by atoms with E-state index in [0.717, 1.165) is 57.6 Å². The van der Waals surface area contributed by atoms with Crippen LogP contribution in [0.3, 0.4) is 0 Å². The topological polar surface area (TPSA) is 146 Å². The Morgan fingerprint density at radius 1 is 1.02 bits per heavy atom. The number of hydrogen-bond acceptors (Lipinski definition) is 9. The highest BCUT2D eigenvalue weighted by molar-refractivity contribution is 5.92. The Hall–Kier alpha value is -3.70. The molecule has 2 amide bonds. The molecule has 6 N–H and O–H groups in total. The number of nitrogens with two attached hydrogens (primary N) is 2. The van der Waals surface area contributed by atoms with E-state index in [2.05, 4.69) is 75.7 Å². The average molecular weight is 552 g/mol. The summed E-state index contributed by atoms with van der Waals surface area (Å²) in [7, 11) is 1.51. The monoisotopic (exact) mass is 551 g/mol. The molecule has 2 aromatic rings. The van der Waals surface area contributed by atoms with Crippen molar-refractivity contribution in [3.8, 4) is 0 Å². The van der Waals surface area contributed by atoms with Crippen LogP contribution in [-0.2, 0) is 22.4 Å². The van der Waals surface area contributed by atoms with Gasteiger partial charge in [-0.05, 0) is 60.9 Å². The van der Waals surface area contributed by atoms with Crippen LogP contribution in [0.4, 0.5) is 11.5 Å². The Morgan fingerprint density at radius 3 is 2.33 bits per heavy atom. The van der Waals surface area contributed by atoms with Gasteiger partial charge in [-0.1, -0.05) is 32.9 Å². The molecule has 0 aliphatic carbocycles. The zero-order valence-electron chi connectivity index (χ0n) is 24.3. The van der Waals surface area contributed by atoms with Crippen LogP contribution < -0.4 is 27.1 Å². The maximum atomic E-state index is 12.6. The molecule has 1 fully saturated rings. The van der Waals surface area contributed by atoms with Gasteiger partial charge in [0.05, 0.1) is 12.2 Å². The van der Waals surface area contributed by atoms with Crippen molar-refractivity contribution in [2.24, 2.45) is 17.0 Å². The van der Waals surface area contributed by atoms with Crippen molar-refractivity contribution in [1.29, 1.82) is 0 Å². The van der Waals surface area contributed by atoms with Crippen molar-refractivity contribution in [2.75, 3.05) is 56.5 Å². The van der Waals surface area contributed by atoms with E-state index in [-0.39, 0.29) is 22.9 Å². The van der Waals surface area contributed by atoms with Gasteiger partial charge in [-0.3, -0.25) is 14.5 Å². The van der Waals surface area contributed by atoms with E-state index in [1.54, 1.807) is 6.07 Å². The number of nitrogens with zero attached hydrogens (tertiary/aromatic N) is 5. The average Bonchev–Trinajstić information content (AvgIpc) is 2.91. The molecule has 0 atom stereocenters. The molecule has 1 aromatic heterocycles. The molecule has 2 heterocycles. The van der Waals surface area contributed by atoms with E-state index >= 15 is 0 Å². The van der Waals surface area contributed by atoms with E-state index in [1.807, 2.05) is 6.07 Å². The fourth-order valence-electron chi connectivity index (χ4n) is 4.59. The zero-order chi connectivity index (χ0) is 29.1. The molecule has 0 saturated carbocycles. The summed E-state index contributed by atoms with van der Waals surface area (Å²) in [5, 5.41) is 15.1. The number of hydrazine groups is 1. The summed E-state index contributed by atoms with van der Waals surface area (Å²) in [5.41, 5.74) is 9.42. The van der Waals surface area contributed by atoms with Crippen molar-refractivity contribution < 1.29 is 9.59 Å². The minimum Gasteiger partial charge on any atom is -0.393 e. The first-order valence-corrected chi connectivity index (χ1v) is 13.9. The number of piperazine rings is 1. The van der Waals surface area contributed by atoms with E-state index in [4.69, 9.17) is 11.6 Å². The van der Waals surface area contributed by atoms with Crippen molar-refractivity contribution in [3.05, 3.63) is 59.6 Å². The number of nitrogens with one attached hydrogen (secondary N) is 2. The second-order valence-corrected chi connectivity index (χ2v) is 11.5. The third-order valence-corrected chi connectivity index (χ3v) is 6.66. The number of aromatic nitrogens is 2. The Labute approximate surface area is 237 Å². The van der Waals surface area contributed by atoms with Crippen LogP contribution in [0.25, 0.3) is 0 Å². The lowest BCUT2D eigenvalue weighted by molar-refractivity contribution is -0.118. The van der Waals surface area contributed by atoms with Gasteiger partial charge in [0.15, 0.2) is 5.82 Å². The summed E-state index contributed by atoms with van der Waals surface area (Å²) in [6.45, 7) is 11.1. The minimum absolute atomic E-state index is 0.0630. The third kappa shape index (κ3) is 10.5. The fraction of sp³-hybridized carbons (Fsp3) is 0.517. The van der Waals surface area contributed by atoms with Gasteiger partial charge in [0.25, 0.3) is 5.91 Å². The molecule has 11 heteroatoms. The third-order valence-electron chi connectivity index (χ3n) is 6.66. The number of carbonyl (C=O) groups is 2. The molecule has 218 valence electrons. The summed E-state index contributed by atoms with van der Waals surface area (Å²) in [6.07, 6.45) is 4.85. The fourth-order valence-corrected chi connectivity index (χ4v) is 4.59. The molecule has 40 heavy (non-hydrogen) atoms. The SMILES string of the molecule is CNC(=O)/C(N)=C/N(N)CCCCc1ccc(NC(=O)CN2CCN(c3ccc(CC(C)(C)C)cc3)CC2)nn1. The van der Waals surface area contributed by atoms with Crippen LogP contribution in [0.1, 0.15) is 44.9 Å².